The first-order chi connectivity index (χ1) is 8.24. The summed E-state index contributed by atoms with van der Waals surface area (Å²) in [5, 5.41) is 3.21. The summed E-state index contributed by atoms with van der Waals surface area (Å²) in [5.74, 6) is -0.534. The molecule has 0 bridgehead atoms. The normalized spacial score (nSPS) is 20.5. The van der Waals surface area contributed by atoms with E-state index in [1.54, 1.807) is 0 Å². The summed E-state index contributed by atoms with van der Waals surface area (Å²) < 4.78 is 31.2. The van der Waals surface area contributed by atoms with Gasteiger partial charge in [-0.15, -0.1) is 0 Å². The molecule has 0 amide bonds. The van der Waals surface area contributed by atoms with Gasteiger partial charge in [0.25, 0.3) is 0 Å². The van der Waals surface area contributed by atoms with Crippen LogP contribution in [0.4, 0.5) is 8.78 Å². The Morgan fingerprint density at radius 2 is 2.00 bits per heavy atom. The van der Waals surface area contributed by atoms with Gasteiger partial charge in [-0.2, -0.15) is 0 Å². The van der Waals surface area contributed by atoms with Crippen LogP contribution in [-0.2, 0) is 11.3 Å². The zero-order valence-corrected chi connectivity index (χ0v) is 9.72. The lowest BCUT2D eigenvalue weighted by Crippen LogP contribution is -2.28. The third-order valence-corrected chi connectivity index (χ3v) is 2.94. The molecule has 17 heavy (non-hydrogen) atoms. The first-order valence-corrected chi connectivity index (χ1v) is 5.97. The quantitative estimate of drug-likeness (QED) is 0.874. The maximum absolute atomic E-state index is 12.9. The summed E-state index contributed by atoms with van der Waals surface area (Å²) >= 11 is 0. The molecule has 0 aliphatic carbocycles. The zero-order valence-electron chi connectivity index (χ0n) is 9.72. The fourth-order valence-electron chi connectivity index (χ4n) is 2.10. The number of benzene rings is 1. The van der Waals surface area contributed by atoms with E-state index >= 15 is 0 Å². The van der Waals surface area contributed by atoms with Gasteiger partial charge in [0.2, 0.25) is 0 Å². The van der Waals surface area contributed by atoms with E-state index in [2.05, 4.69) is 5.32 Å². The molecule has 1 heterocycles. The molecule has 2 nitrogen and oxygen atoms in total. The second-order valence-corrected chi connectivity index (χ2v) is 4.49. The number of hydrogen-bond acceptors (Lipinski definition) is 2. The van der Waals surface area contributed by atoms with E-state index in [0.717, 1.165) is 38.7 Å². The van der Waals surface area contributed by atoms with Gasteiger partial charge in [0.1, 0.15) is 11.6 Å². The molecule has 1 aliphatic heterocycles. The van der Waals surface area contributed by atoms with Crippen LogP contribution in [0.25, 0.3) is 0 Å². The van der Waals surface area contributed by atoms with Gasteiger partial charge in [0, 0.05) is 25.8 Å². The van der Waals surface area contributed by atoms with Crippen molar-refractivity contribution in [3.8, 4) is 0 Å². The van der Waals surface area contributed by atoms with Crippen molar-refractivity contribution in [3.63, 3.8) is 0 Å². The van der Waals surface area contributed by atoms with Crippen molar-refractivity contribution in [1.82, 2.24) is 5.32 Å². The highest BCUT2D eigenvalue weighted by atomic mass is 19.1. The van der Waals surface area contributed by atoms with Gasteiger partial charge in [0.15, 0.2) is 0 Å². The summed E-state index contributed by atoms with van der Waals surface area (Å²) in [6.07, 6.45) is 2.26. The predicted molar refractivity (Wildman–Crippen MR) is 61.6 cm³/mol. The molecule has 0 radical (unpaired) electrons. The summed E-state index contributed by atoms with van der Waals surface area (Å²) in [5.41, 5.74) is 0.638. The minimum absolute atomic E-state index is 0.491. The number of nitrogens with one attached hydrogen (secondary N) is 1. The first kappa shape index (κ1) is 12.5. The number of hydrogen-bond donors (Lipinski definition) is 1. The molecule has 4 heteroatoms. The van der Waals surface area contributed by atoms with Crippen molar-refractivity contribution < 1.29 is 13.5 Å². The average molecular weight is 241 g/mol. The van der Waals surface area contributed by atoms with Crippen molar-refractivity contribution in [3.05, 3.63) is 35.4 Å². The Bertz CT molecular complexity index is 344. The number of ether oxygens (including phenoxy) is 1. The molecule has 0 aromatic heterocycles. The largest absolute Gasteiger partial charge is 0.381 e. The molecule has 1 aromatic carbocycles. The fourth-order valence-corrected chi connectivity index (χ4v) is 2.10. The SMILES string of the molecule is Fc1cc(F)cc(CNCC2CCCOC2)c1. The summed E-state index contributed by atoms with van der Waals surface area (Å²) in [6.45, 7) is 2.96. The Morgan fingerprint density at radius 3 is 2.65 bits per heavy atom. The monoisotopic (exact) mass is 241 g/mol. The van der Waals surface area contributed by atoms with Gasteiger partial charge in [0.05, 0.1) is 6.61 Å². The lowest BCUT2D eigenvalue weighted by Gasteiger charge is -2.22. The van der Waals surface area contributed by atoms with Crippen molar-refractivity contribution in [2.75, 3.05) is 19.8 Å². The van der Waals surface area contributed by atoms with E-state index in [4.69, 9.17) is 4.74 Å². The van der Waals surface area contributed by atoms with Crippen LogP contribution in [0.2, 0.25) is 0 Å². The second-order valence-electron chi connectivity index (χ2n) is 4.49. The van der Waals surface area contributed by atoms with Crippen molar-refractivity contribution in [2.24, 2.45) is 5.92 Å². The fraction of sp³-hybridized carbons (Fsp3) is 0.538. The summed E-state index contributed by atoms with van der Waals surface area (Å²) in [7, 11) is 0. The second kappa shape index (κ2) is 6.07. The van der Waals surface area contributed by atoms with Gasteiger partial charge >= 0.3 is 0 Å². The minimum atomic E-state index is -0.525. The molecule has 94 valence electrons. The first-order valence-electron chi connectivity index (χ1n) is 5.97. The highest BCUT2D eigenvalue weighted by Gasteiger charge is 2.13. The maximum atomic E-state index is 12.9. The maximum Gasteiger partial charge on any atom is 0.126 e. The van der Waals surface area contributed by atoms with E-state index in [9.17, 15) is 8.78 Å². The van der Waals surface area contributed by atoms with Crippen LogP contribution in [-0.4, -0.2) is 19.8 Å². The van der Waals surface area contributed by atoms with E-state index in [1.165, 1.54) is 12.1 Å². The van der Waals surface area contributed by atoms with Crippen molar-refractivity contribution in [2.45, 2.75) is 19.4 Å². The topological polar surface area (TPSA) is 21.3 Å². The third-order valence-electron chi connectivity index (χ3n) is 2.94. The highest BCUT2D eigenvalue weighted by Crippen LogP contribution is 2.13. The van der Waals surface area contributed by atoms with Crippen LogP contribution in [0.5, 0.6) is 0 Å². The molecule has 1 N–H and O–H groups in total. The number of rotatable bonds is 4. The lowest BCUT2D eigenvalue weighted by molar-refractivity contribution is 0.0547. The van der Waals surface area contributed by atoms with Gasteiger partial charge in [-0.25, -0.2) is 8.78 Å². The zero-order chi connectivity index (χ0) is 12.1. The van der Waals surface area contributed by atoms with Crippen LogP contribution < -0.4 is 5.32 Å². The molecular formula is C13H17F2NO. The van der Waals surface area contributed by atoms with Crippen LogP contribution in [0, 0.1) is 17.6 Å². The molecule has 2 rings (SSSR count). The van der Waals surface area contributed by atoms with Crippen LogP contribution >= 0.6 is 0 Å². The molecule has 0 saturated carbocycles. The molecule has 1 saturated heterocycles. The Hall–Kier alpha value is -1.00. The summed E-state index contributed by atoms with van der Waals surface area (Å²) in [4.78, 5) is 0. The van der Waals surface area contributed by atoms with Crippen molar-refractivity contribution >= 4 is 0 Å². The Labute approximate surface area is 100.0 Å². The van der Waals surface area contributed by atoms with Gasteiger partial charge in [-0.1, -0.05) is 0 Å². The van der Waals surface area contributed by atoms with Gasteiger partial charge in [-0.3, -0.25) is 0 Å². The number of halogens is 2. The van der Waals surface area contributed by atoms with E-state index in [-0.39, 0.29) is 0 Å². The van der Waals surface area contributed by atoms with Gasteiger partial charge < -0.3 is 10.1 Å². The van der Waals surface area contributed by atoms with Crippen LogP contribution in [0.1, 0.15) is 18.4 Å². The molecule has 1 aliphatic rings. The lowest BCUT2D eigenvalue weighted by atomic mass is 10.0. The standard InChI is InChI=1S/C13H17F2NO/c14-12-4-11(5-13(15)6-12)8-16-7-10-2-1-3-17-9-10/h4-6,10,16H,1-3,7-9H2. The highest BCUT2D eigenvalue weighted by molar-refractivity contribution is 5.17. The smallest absolute Gasteiger partial charge is 0.126 e. The Balaban J connectivity index is 1.77. The molecule has 1 unspecified atom stereocenters. The molecule has 1 fully saturated rings. The molecular weight excluding hydrogens is 224 g/mol. The Kier molecular flexibility index (Phi) is 4.45. The average Bonchev–Trinajstić information content (AvgIpc) is 2.29. The van der Waals surface area contributed by atoms with E-state index < -0.39 is 11.6 Å². The van der Waals surface area contributed by atoms with Crippen LogP contribution in [0.3, 0.4) is 0 Å². The minimum Gasteiger partial charge on any atom is -0.381 e. The van der Waals surface area contributed by atoms with Crippen molar-refractivity contribution in [1.29, 1.82) is 0 Å². The van der Waals surface area contributed by atoms with E-state index in [1.807, 2.05) is 0 Å². The third kappa shape index (κ3) is 4.06. The molecule has 1 aromatic rings. The molecule has 0 spiro atoms. The summed E-state index contributed by atoms with van der Waals surface area (Å²) in [6, 6.07) is 3.60. The molecule has 1 atom stereocenters. The van der Waals surface area contributed by atoms with E-state index in [0.29, 0.717) is 18.0 Å². The predicted octanol–water partition coefficient (Wildman–Crippen LogP) is 2.48. The Morgan fingerprint density at radius 1 is 1.24 bits per heavy atom. The van der Waals surface area contributed by atoms with Crippen LogP contribution in [0.15, 0.2) is 18.2 Å². The van der Waals surface area contributed by atoms with Gasteiger partial charge in [-0.05, 0) is 36.5 Å².